The lowest BCUT2D eigenvalue weighted by atomic mass is 10.0. The fourth-order valence-electron chi connectivity index (χ4n) is 4.26. The molecule has 4 heterocycles. The molecule has 2 fully saturated rings. The number of aromatic nitrogens is 2. The third kappa shape index (κ3) is 3.35. The van der Waals surface area contributed by atoms with Gasteiger partial charge in [0, 0.05) is 44.9 Å². The predicted octanol–water partition coefficient (Wildman–Crippen LogP) is 1.40. The summed E-state index contributed by atoms with van der Waals surface area (Å²) in [6, 6.07) is 0. The van der Waals surface area contributed by atoms with Crippen LogP contribution in [-0.4, -0.2) is 54.3 Å². The summed E-state index contributed by atoms with van der Waals surface area (Å²) in [5, 5.41) is 0. The second-order valence-corrected chi connectivity index (χ2v) is 7.72. The Balaban J connectivity index is 1.51. The summed E-state index contributed by atoms with van der Waals surface area (Å²) in [7, 11) is 0. The zero-order valence-electron chi connectivity index (χ0n) is 14.6. The van der Waals surface area contributed by atoms with Gasteiger partial charge in [-0.1, -0.05) is 6.92 Å². The molecule has 1 aromatic heterocycles. The minimum absolute atomic E-state index is 0.0667. The number of H-pyrrole nitrogens is 1. The summed E-state index contributed by atoms with van der Waals surface area (Å²) in [5.74, 6) is 2.08. The van der Waals surface area contributed by atoms with Gasteiger partial charge in [0.25, 0.3) is 5.56 Å². The molecule has 1 N–H and O–H groups in total. The van der Waals surface area contributed by atoms with Crippen molar-refractivity contribution in [1.29, 1.82) is 0 Å². The molecule has 2 atom stereocenters. The summed E-state index contributed by atoms with van der Waals surface area (Å²) >= 11 is 0. The minimum Gasteiger partial charge on any atom is -0.381 e. The maximum absolute atomic E-state index is 12.5. The maximum Gasteiger partial charge on any atom is 0.255 e. The van der Waals surface area contributed by atoms with Crippen LogP contribution in [0.5, 0.6) is 0 Å². The van der Waals surface area contributed by atoms with E-state index in [1.165, 1.54) is 12.8 Å². The van der Waals surface area contributed by atoms with Crippen LogP contribution in [0.15, 0.2) is 4.79 Å². The highest BCUT2D eigenvalue weighted by Gasteiger charge is 2.26. The number of nitrogens with zero attached hydrogens (tertiary/aromatic N) is 3. The highest BCUT2D eigenvalue weighted by molar-refractivity contribution is 5.35. The fraction of sp³-hybridized carbons (Fsp3) is 0.778. The van der Waals surface area contributed by atoms with Crippen molar-refractivity contribution in [3.05, 3.63) is 21.6 Å². The van der Waals surface area contributed by atoms with Crippen molar-refractivity contribution >= 4 is 5.95 Å². The Morgan fingerprint density at radius 2 is 2.25 bits per heavy atom. The first kappa shape index (κ1) is 16.1. The number of ether oxygens (including phenoxy) is 1. The second kappa shape index (κ2) is 6.84. The Bertz CT molecular complexity index is 638. The molecule has 0 aromatic carbocycles. The van der Waals surface area contributed by atoms with E-state index in [4.69, 9.17) is 9.72 Å². The molecule has 0 aliphatic carbocycles. The van der Waals surface area contributed by atoms with E-state index in [1.54, 1.807) is 0 Å². The van der Waals surface area contributed by atoms with Crippen LogP contribution in [0.4, 0.5) is 5.95 Å². The largest absolute Gasteiger partial charge is 0.381 e. The number of nitrogens with one attached hydrogen (secondary N) is 1. The van der Waals surface area contributed by atoms with Gasteiger partial charge < -0.3 is 9.64 Å². The number of hydrogen-bond donors (Lipinski definition) is 1. The molecular weight excluding hydrogens is 304 g/mol. The number of hydrogen-bond acceptors (Lipinski definition) is 5. The van der Waals surface area contributed by atoms with Crippen molar-refractivity contribution in [2.45, 2.75) is 39.2 Å². The van der Waals surface area contributed by atoms with Gasteiger partial charge >= 0.3 is 0 Å². The average molecular weight is 332 g/mol. The van der Waals surface area contributed by atoms with E-state index in [9.17, 15) is 4.79 Å². The third-order valence-corrected chi connectivity index (χ3v) is 5.64. The van der Waals surface area contributed by atoms with E-state index >= 15 is 0 Å². The zero-order chi connectivity index (χ0) is 16.5. The molecule has 0 saturated carbocycles. The highest BCUT2D eigenvalue weighted by Crippen LogP contribution is 2.23. The molecule has 0 amide bonds. The number of anilines is 1. The Hall–Kier alpha value is -1.40. The van der Waals surface area contributed by atoms with E-state index in [-0.39, 0.29) is 5.56 Å². The molecule has 0 spiro atoms. The molecule has 24 heavy (non-hydrogen) atoms. The molecule has 0 radical (unpaired) electrons. The Morgan fingerprint density at radius 1 is 1.33 bits per heavy atom. The Labute approximate surface area is 143 Å². The lowest BCUT2D eigenvalue weighted by Gasteiger charge is -2.33. The van der Waals surface area contributed by atoms with Crippen molar-refractivity contribution in [2.24, 2.45) is 11.8 Å². The summed E-state index contributed by atoms with van der Waals surface area (Å²) in [6.45, 7) is 8.84. The van der Waals surface area contributed by atoms with Crippen LogP contribution in [0.3, 0.4) is 0 Å². The average Bonchev–Trinajstić information content (AvgIpc) is 3.07. The quantitative estimate of drug-likeness (QED) is 0.907. The zero-order valence-corrected chi connectivity index (χ0v) is 14.6. The van der Waals surface area contributed by atoms with Gasteiger partial charge in [-0.2, -0.15) is 0 Å². The Kier molecular flexibility index (Phi) is 4.59. The van der Waals surface area contributed by atoms with Gasteiger partial charge in [0.15, 0.2) is 0 Å². The van der Waals surface area contributed by atoms with Crippen molar-refractivity contribution in [1.82, 2.24) is 14.9 Å². The predicted molar refractivity (Wildman–Crippen MR) is 93.4 cm³/mol. The molecular formula is C18H28N4O2. The van der Waals surface area contributed by atoms with Gasteiger partial charge in [0.05, 0.1) is 12.3 Å². The normalized spacial score (nSPS) is 28.1. The van der Waals surface area contributed by atoms with Gasteiger partial charge in [-0.25, -0.2) is 4.98 Å². The van der Waals surface area contributed by atoms with Crippen LogP contribution >= 0.6 is 0 Å². The lowest BCUT2D eigenvalue weighted by molar-refractivity contribution is 0.161. The molecule has 2 saturated heterocycles. The number of rotatable bonds is 3. The summed E-state index contributed by atoms with van der Waals surface area (Å²) in [5.41, 5.74) is 1.94. The van der Waals surface area contributed by atoms with Crippen molar-refractivity contribution in [3.8, 4) is 0 Å². The maximum atomic E-state index is 12.5. The topological polar surface area (TPSA) is 61.5 Å². The first-order chi connectivity index (χ1) is 11.7. The molecule has 1 aromatic rings. The molecule has 132 valence electrons. The molecule has 6 nitrogen and oxygen atoms in total. The Morgan fingerprint density at radius 3 is 3.04 bits per heavy atom. The SMILES string of the molecule is C[C@@H]1CCCN(c2nc3c(c(=O)[nH]2)CCN(C[C@H]2CCOC2)C3)C1. The van der Waals surface area contributed by atoms with Crippen LogP contribution in [0.2, 0.25) is 0 Å². The van der Waals surface area contributed by atoms with Crippen LogP contribution in [-0.2, 0) is 17.7 Å². The van der Waals surface area contributed by atoms with Crippen molar-refractivity contribution in [2.75, 3.05) is 44.3 Å². The van der Waals surface area contributed by atoms with Crippen LogP contribution in [0.1, 0.15) is 37.4 Å². The smallest absolute Gasteiger partial charge is 0.255 e. The second-order valence-electron chi connectivity index (χ2n) is 7.72. The fourth-order valence-corrected chi connectivity index (χ4v) is 4.26. The molecule has 6 heteroatoms. The molecule has 3 aliphatic rings. The third-order valence-electron chi connectivity index (χ3n) is 5.64. The number of aromatic amines is 1. The van der Waals surface area contributed by atoms with E-state index < -0.39 is 0 Å². The summed E-state index contributed by atoms with van der Waals surface area (Å²) in [6.07, 6.45) is 4.41. The molecule has 3 aliphatic heterocycles. The van der Waals surface area contributed by atoms with Crippen LogP contribution < -0.4 is 10.5 Å². The number of fused-ring (bicyclic) bond motifs is 1. The van der Waals surface area contributed by atoms with Crippen LogP contribution in [0, 0.1) is 11.8 Å². The monoisotopic (exact) mass is 332 g/mol. The van der Waals surface area contributed by atoms with Gasteiger partial charge in [-0.3, -0.25) is 14.7 Å². The van der Waals surface area contributed by atoms with E-state index in [0.717, 1.165) is 76.0 Å². The van der Waals surface area contributed by atoms with E-state index in [0.29, 0.717) is 11.8 Å². The van der Waals surface area contributed by atoms with E-state index in [2.05, 4.69) is 21.7 Å². The lowest BCUT2D eigenvalue weighted by Crippen LogP contribution is -2.41. The first-order valence-corrected chi connectivity index (χ1v) is 9.36. The molecule has 0 unspecified atom stereocenters. The van der Waals surface area contributed by atoms with Gasteiger partial charge in [-0.15, -0.1) is 0 Å². The highest BCUT2D eigenvalue weighted by atomic mass is 16.5. The van der Waals surface area contributed by atoms with Gasteiger partial charge in [-0.05, 0) is 37.5 Å². The van der Waals surface area contributed by atoms with E-state index in [1.807, 2.05) is 0 Å². The number of piperidine rings is 1. The summed E-state index contributed by atoms with van der Waals surface area (Å²) < 4.78 is 5.49. The van der Waals surface area contributed by atoms with Crippen LogP contribution in [0.25, 0.3) is 0 Å². The molecule has 4 rings (SSSR count). The van der Waals surface area contributed by atoms with Gasteiger partial charge in [0.1, 0.15) is 0 Å². The van der Waals surface area contributed by atoms with Crippen molar-refractivity contribution in [3.63, 3.8) is 0 Å². The molecule has 0 bridgehead atoms. The van der Waals surface area contributed by atoms with Gasteiger partial charge in [0.2, 0.25) is 5.95 Å². The van der Waals surface area contributed by atoms with Crippen molar-refractivity contribution < 1.29 is 4.74 Å². The minimum atomic E-state index is 0.0667. The standard InChI is InChI=1S/C18H28N4O2/c1-13-3-2-6-22(9-13)18-19-16-11-21(10-14-5-8-24-12-14)7-4-15(16)17(23)20-18/h13-14H,2-12H2,1H3,(H,19,20,23)/t13-,14-/m1/s1. The first-order valence-electron chi connectivity index (χ1n) is 9.36. The summed E-state index contributed by atoms with van der Waals surface area (Å²) in [4.78, 5) is 25.1.